The van der Waals surface area contributed by atoms with Crippen molar-refractivity contribution in [2.75, 3.05) is 25.0 Å². The second kappa shape index (κ2) is 6.86. The van der Waals surface area contributed by atoms with Crippen molar-refractivity contribution in [3.63, 3.8) is 0 Å². The second-order valence-corrected chi connectivity index (χ2v) is 5.10. The largest absolute Gasteiger partial charge is 0.491 e. The third-order valence-electron chi connectivity index (χ3n) is 3.10. The molecule has 100 valence electrons. The normalized spacial score (nSPS) is 18.9. The first-order valence-corrected chi connectivity index (χ1v) is 7.07. The average molecular weight is 269 g/mol. The highest BCUT2D eigenvalue weighted by Gasteiger charge is 2.14. The SMILES string of the molecule is CCCOc1ccc(Cl)cc1NCC1CCCN1. The quantitative estimate of drug-likeness (QED) is 0.831. The maximum absolute atomic E-state index is 6.04. The molecule has 1 aromatic rings. The van der Waals surface area contributed by atoms with Crippen LogP contribution in [0.2, 0.25) is 5.02 Å². The van der Waals surface area contributed by atoms with E-state index in [9.17, 15) is 0 Å². The number of rotatable bonds is 6. The molecule has 1 saturated heterocycles. The van der Waals surface area contributed by atoms with E-state index in [4.69, 9.17) is 16.3 Å². The fourth-order valence-electron chi connectivity index (χ4n) is 2.14. The Kier molecular flexibility index (Phi) is 5.14. The minimum Gasteiger partial charge on any atom is -0.491 e. The fraction of sp³-hybridized carbons (Fsp3) is 0.571. The Bertz CT molecular complexity index is 378. The first-order valence-electron chi connectivity index (χ1n) is 6.69. The van der Waals surface area contributed by atoms with E-state index >= 15 is 0 Å². The van der Waals surface area contributed by atoms with Gasteiger partial charge in [-0.3, -0.25) is 0 Å². The smallest absolute Gasteiger partial charge is 0.142 e. The van der Waals surface area contributed by atoms with Crippen molar-refractivity contribution < 1.29 is 4.74 Å². The zero-order valence-electron chi connectivity index (χ0n) is 10.8. The zero-order chi connectivity index (χ0) is 12.8. The van der Waals surface area contributed by atoms with E-state index in [0.717, 1.165) is 42.6 Å². The number of hydrogen-bond donors (Lipinski definition) is 2. The van der Waals surface area contributed by atoms with Gasteiger partial charge in [0.1, 0.15) is 5.75 Å². The van der Waals surface area contributed by atoms with E-state index in [2.05, 4.69) is 17.6 Å². The molecule has 2 N–H and O–H groups in total. The lowest BCUT2D eigenvalue weighted by atomic mass is 10.2. The molecule has 0 aliphatic carbocycles. The minimum atomic E-state index is 0.558. The van der Waals surface area contributed by atoms with Crippen LogP contribution in [-0.4, -0.2) is 25.7 Å². The first kappa shape index (κ1) is 13.5. The molecule has 1 fully saturated rings. The molecule has 1 aliphatic heterocycles. The number of benzene rings is 1. The molecule has 18 heavy (non-hydrogen) atoms. The lowest BCUT2D eigenvalue weighted by Gasteiger charge is -2.16. The van der Waals surface area contributed by atoms with Crippen molar-refractivity contribution in [1.29, 1.82) is 0 Å². The highest BCUT2D eigenvalue weighted by atomic mass is 35.5. The molecule has 0 saturated carbocycles. The van der Waals surface area contributed by atoms with Crippen molar-refractivity contribution in [3.05, 3.63) is 23.2 Å². The summed E-state index contributed by atoms with van der Waals surface area (Å²) < 4.78 is 5.71. The van der Waals surface area contributed by atoms with Crippen LogP contribution in [-0.2, 0) is 0 Å². The summed E-state index contributed by atoms with van der Waals surface area (Å²) >= 11 is 6.04. The van der Waals surface area contributed by atoms with Crippen LogP contribution in [0.4, 0.5) is 5.69 Å². The van der Waals surface area contributed by atoms with Crippen LogP contribution >= 0.6 is 11.6 Å². The molecule has 4 heteroatoms. The van der Waals surface area contributed by atoms with E-state index < -0.39 is 0 Å². The molecular weight excluding hydrogens is 248 g/mol. The predicted molar refractivity (Wildman–Crippen MR) is 76.8 cm³/mol. The standard InChI is InChI=1S/C14H21ClN2O/c1-2-8-18-14-6-5-11(15)9-13(14)17-10-12-4-3-7-16-12/h5-6,9,12,16-17H,2-4,7-8,10H2,1H3. The van der Waals surface area contributed by atoms with Crippen molar-refractivity contribution in [2.24, 2.45) is 0 Å². The maximum atomic E-state index is 6.04. The molecule has 0 bridgehead atoms. The van der Waals surface area contributed by atoms with Gasteiger partial charge in [-0.25, -0.2) is 0 Å². The van der Waals surface area contributed by atoms with E-state index in [0.29, 0.717) is 6.04 Å². The van der Waals surface area contributed by atoms with Gasteiger partial charge in [-0.1, -0.05) is 18.5 Å². The first-order chi connectivity index (χ1) is 8.79. The molecule has 1 atom stereocenters. The maximum Gasteiger partial charge on any atom is 0.142 e. The molecule has 0 amide bonds. The Morgan fingerprint density at radius 2 is 2.39 bits per heavy atom. The Balaban J connectivity index is 1.97. The number of nitrogens with one attached hydrogen (secondary N) is 2. The number of ether oxygens (including phenoxy) is 1. The summed E-state index contributed by atoms with van der Waals surface area (Å²) in [5, 5.41) is 7.64. The number of anilines is 1. The van der Waals surface area contributed by atoms with Crippen molar-refractivity contribution >= 4 is 17.3 Å². The monoisotopic (exact) mass is 268 g/mol. The molecule has 1 aliphatic rings. The summed E-state index contributed by atoms with van der Waals surface area (Å²) in [6, 6.07) is 6.29. The molecule has 0 aromatic heterocycles. The summed E-state index contributed by atoms with van der Waals surface area (Å²) in [5.41, 5.74) is 0.990. The highest BCUT2D eigenvalue weighted by Crippen LogP contribution is 2.28. The van der Waals surface area contributed by atoms with Gasteiger partial charge in [-0.05, 0) is 44.0 Å². The number of halogens is 1. The summed E-state index contributed by atoms with van der Waals surface area (Å²) in [6.45, 7) is 4.88. The van der Waals surface area contributed by atoms with E-state index in [1.807, 2.05) is 18.2 Å². The number of hydrogen-bond acceptors (Lipinski definition) is 3. The molecule has 0 radical (unpaired) electrons. The lowest BCUT2D eigenvalue weighted by Crippen LogP contribution is -2.29. The van der Waals surface area contributed by atoms with Gasteiger partial charge in [-0.15, -0.1) is 0 Å². The summed E-state index contributed by atoms with van der Waals surface area (Å²) in [6.07, 6.45) is 3.51. The predicted octanol–water partition coefficient (Wildman–Crippen LogP) is 3.29. The van der Waals surface area contributed by atoms with Gasteiger partial charge in [-0.2, -0.15) is 0 Å². The Hall–Kier alpha value is -0.930. The summed E-state index contributed by atoms with van der Waals surface area (Å²) in [5.74, 6) is 0.888. The van der Waals surface area contributed by atoms with Gasteiger partial charge in [0, 0.05) is 17.6 Å². The second-order valence-electron chi connectivity index (χ2n) is 4.66. The van der Waals surface area contributed by atoms with Crippen LogP contribution in [0.1, 0.15) is 26.2 Å². The van der Waals surface area contributed by atoms with Gasteiger partial charge in [0.15, 0.2) is 0 Å². The Morgan fingerprint density at radius 1 is 1.50 bits per heavy atom. The Labute approximate surface area is 114 Å². The average Bonchev–Trinajstić information content (AvgIpc) is 2.88. The zero-order valence-corrected chi connectivity index (χ0v) is 11.6. The van der Waals surface area contributed by atoms with Crippen LogP contribution < -0.4 is 15.4 Å². The van der Waals surface area contributed by atoms with Gasteiger partial charge in [0.25, 0.3) is 0 Å². The molecule has 1 heterocycles. The van der Waals surface area contributed by atoms with Gasteiger partial charge >= 0.3 is 0 Å². The molecule has 1 aromatic carbocycles. The third-order valence-corrected chi connectivity index (χ3v) is 3.34. The van der Waals surface area contributed by atoms with Crippen LogP contribution in [0.5, 0.6) is 5.75 Å². The van der Waals surface area contributed by atoms with Crippen molar-refractivity contribution in [1.82, 2.24) is 5.32 Å². The van der Waals surface area contributed by atoms with Crippen molar-refractivity contribution in [2.45, 2.75) is 32.2 Å². The van der Waals surface area contributed by atoms with Crippen LogP contribution in [0.3, 0.4) is 0 Å². The molecular formula is C14H21ClN2O. The van der Waals surface area contributed by atoms with E-state index in [1.54, 1.807) is 0 Å². The molecule has 0 spiro atoms. The molecule has 1 unspecified atom stereocenters. The fourth-order valence-corrected chi connectivity index (χ4v) is 2.31. The van der Waals surface area contributed by atoms with Crippen molar-refractivity contribution in [3.8, 4) is 5.75 Å². The summed E-state index contributed by atoms with van der Waals surface area (Å²) in [7, 11) is 0. The van der Waals surface area contributed by atoms with Gasteiger partial charge < -0.3 is 15.4 Å². The lowest BCUT2D eigenvalue weighted by molar-refractivity contribution is 0.319. The minimum absolute atomic E-state index is 0.558. The van der Waals surface area contributed by atoms with Gasteiger partial charge in [0.2, 0.25) is 0 Å². The van der Waals surface area contributed by atoms with E-state index in [1.165, 1.54) is 12.8 Å². The van der Waals surface area contributed by atoms with E-state index in [-0.39, 0.29) is 0 Å². The Morgan fingerprint density at radius 3 is 3.11 bits per heavy atom. The molecule has 2 rings (SSSR count). The van der Waals surface area contributed by atoms with Crippen LogP contribution in [0.25, 0.3) is 0 Å². The van der Waals surface area contributed by atoms with Crippen LogP contribution in [0.15, 0.2) is 18.2 Å². The third kappa shape index (κ3) is 3.79. The van der Waals surface area contributed by atoms with Crippen LogP contribution in [0, 0.1) is 0 Å². The highest BCUT2D eigenvalue weighted by molar-refractivity contribution is 6.30. The molecule has 3 nitrogen and oxygen atoms in total. The van der Waals surface area contributed by atoms with Gasteiger partial charge in [0.05, 0.1) is 12.3 Å². The summed E-state index contributed by atoms with van der Waals surface area (Å²) in [4.78, 5) is 0. The topological polar surface area (TPSA) is 33.3 Å².